The molecule has 5 N–H and O–H groups in total. The van der Waals surface area contributed by atoms with Crippen molar-refractivity contribution in [2.45, 2.75) is 34.8 Å². The van der Waals surface area contributed by atoms with E-state index in [1.165, 1.54) is 17.0 Å². The van der Waals surface area contributed by atoms with Crippen molar-refractivity contribution in [3.63, 3.8) is 0 Å². The molecule has 0 saturated carbocycles. The minimum Gasteiger partial charge on any atom is -0.450 e. The van der Waals surface area contributed by atoms with E-state index in [1.807, 2.05) is 0 Å². The van der Waals surface area contributed by atoms with Crippen LogP contribution in [0.4, 0.5) is 10.7 Å². The number of ether oxygens (including phenoxy) is 1. The molecule has 0 bridgehead atoms. The Labute approximate surface area is 224 Å². The maximum Gasteiger partial charge on any atom is 0.409 e. The fourth-order valence-corrected chi connectivity index (χ4v) is 8.23. The monoisotopic (exact) mass is 574 g/mol. The van der Waals surface area contributed by atoms with Crippen LogP contribution in [0.25, 0.3) is 22.2 Å². The first-order chi connectivity index (χ1) is 18.5. The Hall–Kier alpha value is -3.89. The Morgan fingerprint density at radius 3 is 2.51 bits per heavy atom. The Morgan fingerprint density at radius 2 is 1.87 bits per heavy atom. The summed E-state index contributed by atoms with van der Waals surface area (Å²) < 4.78 is 59.0. The predicted molar refractivity (Wildman–Crippen MR) is 142 cm³/mol. The minimum atomic E-state index is -4.63. The molecule has 5 rings (SSSR count). The second kappa shape index (κ2) is 10.0. The van der Waals surface area contributed by atoms with Gasteiger partial charge in [0, 0.05) is 18.7 Å². The number of carbonyl (C=O) groups is 1. The van der Waals surface area contributed by atoms with Crippen molar-refractivity contribution in [1.29, 1.82) is 0 Å². The lowest BCUT2D eigenvalue weighted by Gasteiger charge is -2.31. The number of fused-ring (bicyclic) bond motifs is 1. The van der Waals surface area contributed by atoms with Crippen LogP contribution in [0, 0.1) is 0 Å². The normalized spacial score (nSPS) is 16.6. The number of primary sulfonamides is 1. The number of H-pyrrole nitrogens is 1. The summed E-state index contributed by atoms with van der Waals surface area (Å²) in [6.07, 6.45) is -0.341. The number of aromatic nitrogens is 2. The quantitative estimate of drug-likeness (QED) is 0.395. The number of aliphatic imine (C=N–C) groups is 1. The molecule has 2 aliphatic heterocycles. The number of nitrogens with zero attached hydrogens (tertiary/aromatic N) is 5. The van der Waals surface area contributed by atoms with E-state index in [0.717, 1.165) is 0 Å². The van der Waals surface area contributed by atoms with Gasteiger partial charge >= 0.3 is 6.09 Å². The molecule has 0 spiro atoms. The molecule has 0 atom stereocenters. The number of carbonyl (C=O) groups excluding carboxylic acids is 1. The molecule has 1 fully saturated rings. The first kappa shape index (κ1) is 26.7. The number of imidazole rings is 1. The van der Waals surface area contributed by atoms with Crippen LogP contribution in [-0.4, -0.2) is 75.2 Å². The van der Waals surface area contributed by atoms with E-state index in [1.54, 1.807) is 25.1 Å². The van der Waals surface area contributed by atoms with Gasteiger partial charge in [0.05, 0.1) is 33.3 Å². The summed E-state index contributed by atoms with van der Waals surface area (Å²) in [5, 5.41) is 12.5. The van der Waals surface area contributed by atoms with Gasteiger partial charge in [-0.3, -0.25) is 0 Å². The van der Waals surface area contributed by atoms with E-state index in [4.69, 9.17) is 15.6 Å². The van der Waals surface area contributed by atoms with Crippen molar-refractivity contribution in [2.24, 2.45) is 20.4 Å². The number of nitrogens with one attached hydrogen (secondary N) is 1. The van der Waals surface area contributed by atoms with Crippen molar-refractivity contribution < 1.29 is 26.4 Å². The van der Waals surface area contributed by atoms with Gasteiger partial charge in [0.25, 0.3) is 0 Å². The molecule has 1 saturated heterocycles. The topological polar surface area (TPSA) is 216 Å². The van der Waals surface area contributed by atoms with Gasteiger partial charge in [0.2, 0.25) is 10.0 Å². The zero-order valence-corrected chi connectivity index (χ0v) is 22.5. The average molecular weight is 575 g/mol. The van der Waals surface area contributed by atoms with Gasteiger partial charge in [-0.25, -0.2) is 36.7 Å². The van der Waals surface area contributed by atoms with Crippen LogP contribution in [0.1, 0.15) is 25.3 Å². The maximum atomic E-state index is 13.9. The summed E-state index contributed by atoms with van der Waals surface area (Å²) >= 11 is 0. The maximum absolute atomic E-state index is 13.9. The summed E-state index contributed by atoms with van der Waals surface area (Å²) in [4.78, 5) is 23.9. The number of likely N-dealkylation sites (tertiary alicyclic amines) is 1. The van der Waals surface area contributed by atoms with Gasteiger partial charge in [0.1, 0.15) is 4.90 Å². The van der Waals surface area contributed by atoms with Crippen LogP contribution in [0.5, 0.6) is 0 Å². The Balaban J connectivity index is 1.68. The highest BCUT2D eigenvalue weighted by Crippen LogP contribution is 2.39. The number of benzene rings is 2. The summed E-state index contributed by atoms with van der Waals surface area (Å²) in [7, 11) is -8.87. The number of amidine groups is 1. The molecule has 39 heavy (non-hydrogen) atoms. The number of nitrogens with two attached hydrogens (primary N) is 2. The van der Waals surface area contributed by atoms with Crippen molar-refractivity contribution in [3.05, 3.63) is 35.9 Å². The van der Waals surface area contributed by atoms with Crippen LogP contribution in [0.3, 0.4) is 0 Å². The van der Waals surface area contributed by atoms with Gasteiger partial charge in [-0.2, -0.15) is 5.11 Å². The summed E-state index contributed by atoms with van der Waals surface area (Å²) in [6.45, 7) is 2.11. The smallest absolute Gasteiger partial charge is 0.409 e. The number of sulfone groups is 1. The molecule has 1 aromatic heterocycles. The van der Waals surface area contributed by atoms with Crippen LogP contribution < -0.4 is 10.9 Å². The van der Waals surface area contributed by atoms with Crippen molar-refractivity contribution in [2.75, 3.05) is 32.1 Å². The average Bonchev–Trinajstić information content (AvgIpc) is 3.56. The number of hydrogen-bond donors (Lipinski definition) is 3. The zero-order chi connectivity index (χ0) is 27.9. The molecule has 1 amide bonds. The van der Waals surface area contributed by atoms with Gasteiger partial charge in [-0.05, 0) is 37.5 Å². The third-order valence-electron chi connectivity index (χ3n) is 6.61. The Bertz CT molecular complexity index is 1740. The van der Waals surface area contributed by atoms with Gasteiger partial charge in [-0.1, -0.05) is 18.2 Å². The van der Waals surface area contributed by atoms with Crippen LogP contribution in [0.2, 0.25) is 0 Å². The standard InChI is InChI=1S/C23H26N8O6S2/c1-2-37-23(32)31-10-8-13(9-11-31)38(33,34)17-7-6-14(15-4-3-5-16-19(15)29-22(24)28-16)18(20(17)39(25,35)36)21-26-12-27-30-21/h3-7,13H,2,8-12H2,1H3,(H3,24,28,29)(H2,25,35,36). The minimum absolute atomic E-state index is 0.0539. The zero-order valence-electron chi connectivity index (χ0n) is 20.9. The molecular formula is C23H26N8O6S2. The van der Waals surface area contributed by atoms with E-state index >= 15 is 0 Å². The number of piperidine rings is 1. The highest BCUT2D eigenvalue weighted by molar-refractivity contribution is 7.94. The summed E-state index contributed by atoms with van der Waals surface area (Å²) in [5.74, 6) is 0.0839. The fourth-order valence-electron chi connectivity index (χ4n) is 4.89. The first-order valence-corrected chi connectivity index (χ1v) is 15.1. The molecule has 2 aliphatic rings. The number of sulfonamides is 1. The van der Waals surface area contributed by atoms with Crippen LogP contribution in [0.15, 0.2) is 55.3 Å². The highest BCUT2D eigenvalue weighted by atomic mass is 32.2. The molecule has 0 unspecified atom stereocenters. The van der Waals surface area contributed by atoms with Crippen molar-refractivity contribution >= 4 is 48.8 Å². The number of aromatic amines is 1. The third kappa shape index (κ3) is 4.86. The number of anilines is 1. The lowest BCUT2D eigenvalue weighted by atomic mass is 9.97. The summed E-state index contributed by atoms with van der Waals surface area (Å²) in [5.41, 5.74) is 7.57. The van der Waals surface area contributed by atoms with Crippen molar-refractivity contribution in [3.8, 4) is 11.1 Å². The summed E-state index contributed by atoms with van der Waals surface area (Å²) in [6, 6.07) is 7.88. The van der Waals surface area contributed by atoms with Crippen LogP contribution in [-0.2, 0) is 24.6 Å². The molecule has 3 heterocycles. The third-order valence-corrected chi connectivity index (χ3v) is 10.0. The molecule has 206 valence electrons. The second-order valence-electron chi connectivity index (χ2n) is 8.98. The van der Waals surface area contributed by atoms with E-state index in [0.29, 0.717) is 22.2 Å². The molecule has 16 heteroatoms. The van der Waals surface area contributed by atoms with Crippen molar-refractivity contribution in [1.82, 2.24) is 14.9 Å². The van der Waals surface area contributed by atoms with Gasteiger partial charge in [0.15, 0.2) is 28.3 Å². The highest BCUT2D eigenvalue weighted by Gasteiger charge is 2.39. The Morgan fingerprint density at radius 1 is 1.13 bits per heavy atom. The van der Waals surface area contributed by atoms with E-state index in [2.05, 4.69) is 25.2 Å². The number of hydrogen-bond acceptors (Lipinski definition) is 11. The fraction of sp³-hybridized carbons (Fsp3) is 0.348. The molecular weight excluding hydrogens is 548 g/mol. The lowest BCUT2D eigenvalue weighted by molar-refractivity contribution is 0.100. The first-order valence-electron chi connectivity index (χ1n) is 12.0. The molecule has 0 radical (unpaired) electrons. The van der Waals surface area contributed by atoms with E-state index in [9.17, 15) is 21.6 Å². The number of amides is 1. The molecule has 14 nitrogen and oxygen atoms in total. The number of rotatable bonds is 6. The number of para-hydroxylation sites is 1. The SMILES string of the molecule is CCOC(=O)N1CCC(S(=O)(=O)c2ccc(-c3cccc4[nH]c(N)nc34)c(C3=NCN=N3)c2S(N)(=O)=O)CC1. The largest absolute Gasteiger partial charge is 0.450 e. The Kier molecular flexibility index (Phi) is 6.86. The van der Waals surface area contributed by atoms with Gasteiger partial charge < -0.3 is 20.4 Å². The lowest BCUT2D eigenvalue weighted by Crippen LogP contribution is -2.43. The number of nitrogen functional groups attached to an aromatic ring is 1. The van der Waals surface area contributed by atoms with E-state index in [-0.39, 0.29) is 56.6 Å². The molecule has 2 aromatic carbocycles. The van der Waals surface area contributed by atoms with E-state index < -0.39 is 41.0 Å². The molecule has 0 aliphatic carbocycles. The molecule has 3 aromatic rings. The number of azo groups is 1. The van der Waals surface area contributed by atoms with Crippen LogP contribution >= 0.6 is 0 Å². The predicted octanol–water partition coefficient (Wildman–Crippen LogP) is 2.02. The second-order valence-corrected chi connectivity index (χ2v) is 12.7. The van der Waals surface area contributed by atoms with Gasteiger partial charge in [-0.15, -0.1) is 5.11 Å².